The van der Waals surface area contributed by atoms with Crippen molar-refractivity contribution in [2.45, 2.75) is 62.3 Å². The fourth-order valence-electron chi connectivity index (χ4n) is 6.47. The second kappa shape index (κ2) is 9.56. The van der Waals surface area contributed by atoms with E-state index in [0.29, 0.717) is 12.4 Å². The van der Waals surface area contributed by atoms with Crippen molar-refractivity contribution in [3.63, 3.8) is 0 Å². The quantitative estimate of drug-likeness (QED) is 0.530. The standard InChI is InChI=1S/C27H33F3N6O/c28-20-3-1-19(2-4-20)7-11-34-13-9-26(10-14-34)16-27(29,30)17-35(26)15-21-5-6-23(37-21)36-12-8-22-24(31)32-18-33-25(22)36/h1-4,8,12,18,21,23H,5-7,9-11,13-17H2,(H2,31,32,33)/t21?,23-/m1/s1. The van der Waals surface area contributed by atoms with E-state index < -0.39 is 11.5 Å². The van der Waals surface area contributed by atoms with Gasteiger partial charge in [-0.2, -0.15) is 0 Å². The molecular weight excluding hydrogens is 481 g/mol. The van der Waals surface area contributed by atoms with E-state index in [2.05, 4.69) is 14.9 Å². The summed E-state index contributed by atoms with van der Waals surface area (Å²) in [5.41, 5.74) is 7.31. The molecule has 2 atom stereocenters. The number of nitrogens with two attached hydrogens (primary N) is 1. The number of likely N-dealkylation sites (tertiary alicyclic amines) is 2. The lowest BCUT2D eigenvalue weighted by atomic mass is 9.84. The van der Waals surface area contributed by atoms with Crippen LogP contribution in [0.15, 0.2) is 42.9 Å². The molecule has 7 nitrogen and oxygen atoms in total. The molecule has 5 heterocycles. The van der Waals surface area contributed by atoms with Crippen LogP contribution >= 0.6 is 0 Å². The van der Waals surface area contributed by atoms with Gasteiger partial charge in [0.2, 0.25) is 0 Å². The topological polar surface area (TPSA) is 72.4 Å². The van der Waals surface area contributed by atoms with Gasteiger partial charge in [0.05, 0.1) is 18.0 Å². The second-order valence-electron chi connectivity index (χ2n) is 10.9. The molecule has 3 aromatic rings. The highest BCUT2D eigenvalue weighted by Crippen LogP contribution is 2.46. The Balaban J connectivity index is 1.08. The number of hydrogen-bond acceptors (Lipinski definition) is 6. The number of ether oxygens (including phenoxy) is 1. The van der Waals surface area contributed by atoms with Crippen LogP contribution in [-0.4, -0.2) is 74.6 Å². The Labute approximate surface area is 214 Å². The van der Waals surface area contributed by atoms with Crippen molar-refractivity contribution in [3.8, 4) is 0 Å². The van der Waals surface area contributed by atoms with E-state index in [1.54, 1.807) is 0 Å². The van der Waals surface area contributed by atoms with Gasteiger partial charge in [-0.15, -0.1) is 0 Å². The third-order valence-corrected chi connectivity index (χ3v) is 8.46. The first kappa shape index (κ1) is 24.6. The predicted octanol–water partition coefficient (Wildman–Crippen LogP) is 4.25. The van der Waals surface area contributed by atoms with E-state index in [-0.39, 0.29) is 31.1 Å². The number of rotatable bonds is 6. The number of alkyl halides is 2. The summed E-state index contributed by atoms with van der Waals surface area (Å²) in [4.78, 5) is 12.8. The van der Waals surface area contributed by atoms with Crippen LogP contribution in [0.2, 0.25) is 0 Å². The number of fused-ring (bicyclic) bond motifs is 1. The minimum atomic E-state index is -2.68. The summed E-state index contributed by atoms with van der Waals surface area (Å²) in [6.45, 7) is 2.74. The summed E-state index contributed by atoms with van der Waals surface area (Å²) < 4.78 is 51.0. The third kappa shape index (κ3) is 4.94. The van der Waals surface area contributed by atoms with Crippen LogP contribution in [0, 0.1) is 5.82 Å². The largest absolute Gasteiger partial charge is 0.383 e. The van der Waals surface area contributed by atoms with Gasteiger partial charge >= 0.3 is 0 Å². The summed E-state index contributed by atoms with van der Waals surface area (Å²) in [6, 6.07) is 8.48. The van der Waals surface area contributed by atoms with Gasteiger partial charge in [0.1, 0.15) is 29.8 Å². The molecule has 0 bridgehead atoms. The molecule has 37 heavy (non-hydrogen) atoms. The lowest BCUT2D eigenvalue weighted by molar-refractivity contribution is -0.0352. The van der Waals surface area contributed by atoms with Crippen LogP contribution in [0.5, 0.6) is 0 Å². The van der Waals surface area contributed by atoms with Crippen LogP contribution in [0.25, 0.3) is 11.0 Å². The average molecular weight is 515 g/mol. The third-order valence-electron chi connectivity index (χ3n) is 8.46. The van der Waals surface area contributed by atoms with Crippen molar-refractivity contribution < 1.29 is 17.9 Å². The zero-order valence-corrected chi connectivity index (χ0v) is 20.8. The Hall–Kier alpha value is -2.69. The van der Waals surface area contributed by atoms with E-state index in [4.69, 9.17) is 10.5 Å². The number of halogens is 3. The summed E-state index contributed by atoms with van der Waals surface area (Å²) in [7, 11) is 0. The minimum Gasteiger partial charge on any atom is -0.383 e. The fraction of sp³-hybridized carbons (Fsp3) is 0.556. The number of benzene rings is 1. The predicted molar refractivity (Wildman–Crippen MR) is 135 cm³/mol. The number of piperidine rings is 1. The second-order valence-corrected chi connectivity index (χ2v) is 10.9. The number of nitrogens with zero attached hydrogens (tertiary/aromatic N) is 5. The van der Waals surface area contributed by atoms with Gasteiger partial charge in [0.15, 0.2) is 0 Å². The molecule has 6 rings (SSSR count). The number of hydrogen-bond donors (Lipinski definition) is 1. The highest BCUT2D eigenvalue weighted by atomic mass is 19.3. The summed E-state index contributed by atoms with van der Waals surface area (Å²) in [5.74, 6) is -2.48. The zero-order chi connectivity index (χ0) is 25.6. The Morgan fingerprint density at radius 2 is 1.84 bits per heavy atom. The van der Waals surface area contributed by atoms with Gasteiger partial charge in [0.25, 0.3) is 5.92 Å². The highest BCUT2D eigenvalue weighted by Gasteiger charge is 2.55. The monoisotopic (exact) mass is 514 g/mol. The van der Waals surface area contributed by atoms with Crippen LogP contribution < -0.4 is 5.73 Å². The molecule has 3 aliphatic rings. The molecule has 0 radical (unpaired) electrons. The van der Waals surface area contributed by atoms with Crippen molar-refractivity contribution in [2.24, 2.45) is 0 Å². The Kier molecular flexibility index (Phi) is 6.37. The van der Waals surface area contributed by atoms with Crippen molar-refractivity contribution in [1.29, 1.82) is 0 Å². The smallest absolute Gasteiger partial charge is 0.262 e. The Morgan fingerprint density at radius 1 is 1.05 bits per heavy atom. The molecular formula is C27H33F3N6O. The normalized spacial score (nSPS) is 25.9. The van der Waals surface area contributed by atoms with Gasteiger partial charge < -0.3 is 19.9 Å². The van der Waals surface area contributed by atoms with Gasteiger partial charge in [-0.25, -0.2) is 23.1 Å². The van der Waals surface area contributed by atoms with Gasteiger partial charge in [-0.1, -0.05) is 12.1 Å². The molecule has 0 amide bonds. The maximum Gasteiger partial charge on any atom is 0.262 e. The van der Waals surface area contributed by atoms with Gasteiger partial charge in [-0.05, 0) is 69.0 Å². The number of nitrogen functional groups attached to an aromatic ring is 1. The first-order chi connectivity index (χ1) is 17.8. The maximum atomic E-state index is 14.8. The van der Waals surface area contributed by atoms with Crippen LogP contribution in [0.4, 0.5) is 19.0 Å². The van der Waals surface area contributed by atoms with Crippen LogP contribution in [0.3, 0.4) is 0 Å². The lowest BCUT2D eigenvalue weighted by Gasteiger charge is -2.45. The van der Waals surface area contributed by atoms with E-state index in [1.165, 1.54) is 18.5 Å². The summed E-state index contributed by atoms with van der Waals surface area (Å²) >= 11 is 0. The molecule has 198 valence electrons. The number of anilines is 1. The van der Waals surface area contributed by atoms with Crippen molar-refractivity contribution in [3.05, 3.63) is 54.2 Å². The molecule has 2 aromatic heterocycles. The molecule has 0 aliphatic carbocycles. The van der Waals surface area contributed by atoms with Crippen molar-refractivity contribution in [2.75, 3.05) is 38.5 Å². The van der Waals surface area contributed by atoms with Gasteiger partial charge in [0, 0.05) is 31.2 Å². The van der Waals surface area contributed by atoms with Crippen LogP contribution in [0.1, 0.15) is 43.9 Å². The highest BCUT2D eigenvalue weighted by molar-refractivity contribution is 5.86. The molecule has 1 aromatic carbocycles. The first-order valence-electron chi connectivity index (χ1n) is 13.1. The summed E-state index contributed by atoms with van der Waals surface area (Å²) in [5, 5.41) is 0.791. The molecule has 0 saturated carbocycles. The molecule has 3 saturated heterocycles. The van der Waals surface area contributed by atoms with E-state index >= 15 is 0 Å². The fourth-order valence-corrected chi connectivity index (χ4v) is 6.47. The maximum absolute atomic E-state index is 14.8. The van der Waals surface area contributed by atoms with E-state index in [1.807, 2.05) is 33.9 Å². The van der Waals surface area contributed by atoms with E-state index in [9.17, 15) is 13.2 Å². The summed E-state index contributed by atoms with van der Waals surface area (Å²) in [6.07, 6.45) is 6.86. The average Bonchev–Trinajstić information content (AvgIpc) is 3.57. The lowest BCUT2D eigenvalue weighted by Crippen LogP contribution is -2.54. The van der Waals surface area contributed by atoms with Gasteiger partial charge in [-0.3, -0.25) is 4.90 Å². The first-order valence-corrected chi connectivity index (χ1v) is 13.1. The molecule has 1 unspecified atom stereocenters. The zero-order valence-electron chi connectivity index (χ0n) is 20.8. The number of aromatic nitrogens is 3. The molecule has 2 N–H and O–H groups in total. The van der Waals surface area contributed by atoms with E-state index in [0.717, 1.165) is 68.3 Å². The van der Waals surface area contributed by atoms with Crippen LogP contribution in [-0.2, 0) is 11.2 Å². The Morgan fingerprint density at radius 3 is 2.62 bits per heavy atom. The SMILES string of the molecule is Nc1ncnc2c1ccn2[C@H]1CCC(CN2CC(F)(F)CC23CCN(CCc2ccc(F)cc2)CC3)O1. The molecule has 3 aliphatic heterocycles. The molecule has 10 heteroatoms. The molecule has 3 fully saturated rings. The van der Waals surface area contributed by atoms with Crippen molar-refractivity contribution in [1.82, 2.24) is 24.3 Å². The minimum absolute atomic E-state index is 0.0830. The van der Waals surface area contributed by atoms with Crippen molar-refractivity contribution >= 4 is 16.9 Å². The molecule has 1 spiro atoms. The Bertz CT molecular complexity index is 1240.